The zero-order valence-electron chi connectivity index (χ0n) is 11.5. The van der Waals surface area contributed by atoms with Crippen molar-refractivity contribution in [2.45, 2.75) is 12.5 Å². The van der Waals surface area contributed by atoms with Crippen molar-refractivity contribution in [3.05, 3.63) is 40.4 Å². The van der Waals surface area contributed by atoms with Crippen molar-refractivity contribution in [1.82, 2.24) is 10.2 Å². The quantitative estimate of drug-likeness (QED) is 0.781. The molecule has 7 heteroatoms. The predicted molar refractivity (Wildman–Crippen MR) is 94.6 cm³/mol. The van der Waals surface area contributed by atoms with Gasteiger partial charge in [0.1, 0.15) is 5.75 Å². The summed E-state index contributed by atoms with van der Waals surface area (Å²) in [5, 5.41) is 14.4. The number of rotatable bonds is 4. The smallest absolute Gasteiger partial charge is 0.123 e. The summed E-state index contributed by atoms with van der Waals surface area (Å²) in [6, 6.07) is 3.27. The van der Waals surface area contributed by atoms with Gasteiger partial charge in [-0.3, -0.25) is 4.90 Å². The molecule has 1 aliphatic rings. The van der Waals surface area contributed by atoms with Gasteiger partial charge in [-0.1, -0.05) is 29.3 Å². The Balaban J connectivity index is 0.00000200. The van der Waals surface area contributed by atoms with Gasteiger partial charge in [-0.05, 0) is 18.6 Å². The van der Waals surface area contributed by atoms with Crippen molar-refractivity contribution in [1.29, 1.82) is 0 Å². The normalized spacial score (nSPS) is 16.5. The van der Waals surface area contributed by atoms with E-state index in [9.17, 15) is 5.11 Å². The molecule has 120 valence electrons. The molecular formula is C14H20Cl4N2O. The number of halogens is 4. The summed E-state index contributed by atoms with van der Waals surface area (Å²) < 4.78 is 0. The Labute approximate surface area is 148 Å². The first kappa shape index (κ1) is 20.8. The highest BCUT2D eigenvalue weighted by Crippen LogP contribution is 2.39. The lowest BCUT2D eigenvalue weighted by molar-refractivity contribution is 0.172. The van der Waals surface area contributed by atoms with Gasteiger partial charge in [0, 0.05) is 42.8 Å². The van der Waals surface area contributed by atoms with E-state index in [1.165, 1.54) is 0 Å². The van der Waals surface area contributed by atoms with Crippen LogP contribution >= 0.6 is 48.0 Å². The SMILES string of the molecule is C=CC[C@@H](c1c(O)cc(Cl)cc1Cl)N1CCNCC1.Cl.Cl. The number of benzene rings is 1. The van der Waals surface area contributed by atoms with Crippen molar-refractivity contribution < 1.29 is 5.11 Å². The van der Waals surface area contributed by atoms with Crippen molar-refractivity contribution in [2.75, 3.05) is 26.2 Å². The van der Waals surface area contributed by atoms with Gasteiger partial charge in [-0.25, -0.2) is 0 Å². The van der Waals surface area contributed by atoms with Crippen molar-refractivity contribution in [3.8, 4) is 5.75 Å². The largest absolute Gasteiger partial charge is 0.508 e. The first-order chi connectivity index (χ1) is 9.13. The lowest BCUT2D eigenvalue weighted by Crippen LogP contribution is -2.45. The number of phenolic OH excluding ortho intramolecular Hbond substituents is 1. The summed E-state index contributed by atoms with van der Waals surface area (Å²) >= 11 is 12.2. The molecule has 2 N–H and O–H groups in total. The lowest BCUT2D eigenvalue weighted by atomic mass is 10.00. The van der Waals surface area contributed by atoms with E-state index in [1.807, 2.05) is 6.08 Å². The molecular weight excluding hydrogens is 354 g/mol. The average molecular weight is 374 g/mol. The average Bonchev–Trinajstić information content (AvgIpc) is 2.37. The Hall–Kier alpha value is -0.160. The molecule has 0 bridgehead atoms. The van der Waals surface area contributed by atoms with E-state index in [0.29, 0.717) is 10.0 Å². The van der Waals surface area contributed by atoms with Crippen LogP contribution in [0.1, 0.15) is 18.0 Å². The number of nitrogens with zero attached hydrogens (tertiary/aromatic N) is 1. The number of phenols is 1. The number of piperazine rings is 1. The molecule has 0 saturated carbocycles. The van der Waals surface area contributed by atoms with E-state index in [4.69, 9.17) is 23.2 Å². The predicted octanol–water partition coefficient (Wildman–Crippen LogP) is 4.07. The van der Waals surface area contributed by atoms with Crippen LogP contribution in [0.25, 0.3) is 0 Å². The molecule has 3 nitrogen and oxygen atoms in total. The third-order valence-corrected chi connectivity index (χ3v) is 3.92. The summed E-state index contributed by atoms with van der Waals surface area (Å²) in [5.41, 5.74) is 0.743. The van der Waals surface area contributed by atoms with Gasteiger partial charge >= 0.3 is 0 Å². The minimum Gasteiger partial charge on any atom is -0.508 e. The van der Waals surface area contributed by atoms with E-state index in [1.54, 1.807) is 12.1 Å². The van der Waals surface area contributed by atoms with Gasteiger partial charge in [-0.15, -0.1) is 31.4 Å². The standard InChI is InChI=1S/C14H18Cl2N2O.2ClH/c1-2-3-12(18-6-4-17-5-7-18)14-11(16)8-10(15)9-13(14)19;;/h2,8-9,12,17,19H,1,3-7H2;2*1H/t12-;;/m0../s1. The van der Waals surface area contributed by atoms with Crippen molar-refractivity contribution >= 4 is 48.0 Å². The molecule has 1 aromatic rings. The maximum atomic E-state index is 10.2. The Bertz CT molecular complexity index is 441. The van der Waals surface area contributed by atoms with Crippen molar-refractivity contribution in [2.24, 2.45) is 0 Å². The van der Waals surface area contributed by atoms with E-state index in [-0.39, 0.29) is 36.6 Å². The fraction of sp³-hybridized carbons (Fsp3) is 0.429. The minimum atomic E-state index is 0. The van der Waals surface area contributed by atoms with Gasteiger partial charge in [0.15, 0.2) is 0 Å². The Morgan fingerprint density at radius 1 is 1.29 bits per heavy atom. The van der Waals surface area contributed by atoms with Crippen LogP contribution < -0.4 is 5.32 Å². The Morgan fingerprint density at radius 2 is 1.90 bits per heavy atom. The molecule has 1 atom stereocenters. The first-order valence-corrected chi connectivity index (χ1v) is 7.12. The van der Waals surface area contributed by atoms with Crippen LogP contribution in [0.3, 0.4) is 0 Å². The van der Waals surface area contributed by atoms with Crippen molar-refractivity contribution in [3.63, 3.8) is 0 Å². The second kappa shape index (κ2) is 9.78. The van der Waals surface area contributed by atoms with Gasteiger partial charge in [0.2, 0.25) is 0 Å². The third-order valence-electron chi connectivity index (χ3n) is 3.39. The topological polar surface area (TPSA) is 35.5 Å². The second-order valence-corrected chi connectivity index (χ2v) is 5.49. The Kier molecular flexibility index (Phi) is 9.70. The highest BCUT2D eigenvalue weighted by atomic mass is 35.5. The van der Waals surface area contributed by atoms with E-state index in [0.717, 1.165) is 38.2 Å². The summed E-state index contributed by atoms with van der Waals surface area (Å²) in [7, 11) is 0. The van der Waals surface area contributed by atoms with E-state index >= 15 is 0 Å². The van der Waals surface area contributed by atoms with Crippen LogP contribution in [0.5, 0.6) is 5.75 Å². The van der Waals surface area contributed by atoms with Crippen LogP contribution in [0.4, 0.5) is 0 Å². The summed E-state index contributed by atoms with van der Waals surface area (Å²) in [6.45, 7) is 7.55. The maximum absolute atomic E-state index is 10.2. The summed E-state index contributed by atoms with van der Waals surface area (Å²) in [4.78, 5) is 2.31. The van der Waals surface area contributed by atoms with Crippen LogP contribution in [-0.4, -0.2) is 36.2 Å². The number of hydrogen-bond acceptors (Lipinski definition) is 3. The highest BCUT2D eigenvalue weighted by molar-refractivity contribution is 6.35. The lowest BCUT2D eigenvalue weighted by Gasteiger charge is -2.35. The van der Waals surface area contributed by atoms with Crippen LogP contribution in [0.15, 0.2) is 24.8 Å². The molecule has 0 unspecified atom stereocenters. The minimum absolute atomic E-state index is 0. The van der Waals surface area contributed by atoms with Gasteiger partial charge in [-0.2, -0.15) is 0 Å². The third kappa shape index (κ3) is 5.20. The molecule has 21 heavy (non-hydrogen) atoms. The zero-order chi connectivity index (χ0) is 13.8. The fourth-order valence-corrected chi connectivity index (χ4v) is 3.11. The first-order valence-electron chi connectivity index (χ1n) is 6.37. The Morgan fingerprint density at radius 3 is 2.43 bits per heavy atom. The molecule has 0 aliphatic carbocycles. The number of nitrogens with one attached hydrogen (secondary N) is 1. The molecule has 0 spiro atoms. The van der Waals surface area contributed by atoms with Gasteiger partial charge < -0.3 is 10.4 Å². The maximum Gasteiger partial charge on any atom is 0.123 e. The summed E-state index contributed by atoms with van der Waals surface area (Å²) in [5.74, 6) is 0.155. The molecule has 1 aromatic carbocycles. The number of aromatic hydroxyl groups is 1. The van der Waals surface area contributed by atoms with Gasteiger partial charge in [0.05, 0.1) is 5.02 Å². The monoisotopic (exact) mass is 372 g/mol. The highest BCUT2D eigenvalue weighted by Gasteiger charge is 2.25. The second-order valence-electron chi connectivity index (χ2n) is 4.65. The molecule has 1 aliphatic heterocycles. The van der Waals surface area contributed by atoms with E-state index in [2.05, 4.69) is 16.8 Å². The molecule has 0 aromatic heterocycles. The molecule has 2 rings (SSSR count). The summed E-state index contributed by atoms with van der Waals surface area (Å²) in [6.07, 6.45) is 2.60. The molecule has 0 amide bonds. The van der Waals surface area contributed by atoms with Crippen LogP contribution in [0, 0.1) is 0 Å². The van der Waals surface area contributed by atoms with E-state index < -0.39 is 0 Å². The molecule has 1 fully saturated rings. The number of hydrogen-bond donors (Lipinski definition) is 2. The van der Waals surface area contributed by atoms with Crippen LogP contribution in [0.2, 0.25) is 10.0 Å². The van der Waals surface area contributed by atoms with Gasteiger partial charge in [0.25, 0.3) is 0 Å². The molecule has 0 radical (unpaired) electrons. The van der Waals surface area contributed by atoms with Crippen LogP contribution in [-0.2, 0) is 0 Å². The molecule has 1 heterocycles. The molecule has 1 saturated heterocycles. The fourth-order valence-electron chi connectivity index (χ4n) is 2.50. The zero-order valence-corrected chi connectivity index (χ0v) is 14.7.